The molecule has 1 aromatic carbocycles. The van der Waals surface area contributed by atoms with E-state index >= 15 is 0 Å². The number of phosphoric acid groups is 1. The van der Waals surface area contributed by atoms with Gasteiger partial charge in [0.1, 0.15) is 0 Å². The van der Waals surface area contributed by atoms with Gasteiger partial charge in [0.25, 0.3) is 0 Å². The van der Waals surface area contributed by atoms with Gasteiger partial charge in [-0.2, -0.15) is 0 Å². The van der Waals surface area contributed by atoms with Crippen LogP contribution in [0.1, 0.15) is 31.5 Å². The van der Waals surface area contributed by atoms with Crippen LogP contribution in [-0.2, 0) is 18.6 Å². The van der Waals surface area contributed by atoms with Crippen molar-refractivity contribution in [3.05, 3.63) is 51.1 Å². The third kappa shape index (κ3) is 5.39. The van der Waals surface area contributed by atoms with Crippen molar-refractivity contribution in [3.8, 4) is 0 Å². The van der Waals surface area contributed by atoms with E-state index in [2.05, 4.69) is 9.51 Å². The molecule has 2 heterocycles. The molecule has 0 unspecified atom stereocenters. The van der Waals surface area contributed by atoms with Crippen LogP contribution in [0.4, 0.5) is 0 Å². The molecule has 0 saturated carbocycles. The fourth-order valence-electron chi connectivity index (χ4n) is 2.67. The van der Waals surface area contributed by atoms with E-state index in [0.717, 1.165) is 0 Å². The van der Waals surface area contributed by atoms with E-state index in [9.17, 15) is 19.3 Å². The van der Waals surface area contributed by atoms with E-state index in [1.54, 1.807) is 18.2 Å². The number of benzene rings is 1. The van der Waals surface area contributed by atoms with Gasteiger partial charge in [0.2, 0.25) is 0 Å². The standard InChI is InChI=1S/C16H17N2O9PSe/c17-14(20)9-7-29-15(18-9)13-12(27-16(21)8-4-2-1-3-5-8)11(19)10(26-13)6-25-28(22,23)24/h1-5,7,10-13,19H,6H2,(H2,17,20)(H2,22,23,24)/t10-,11-,12-,13-/m1/s1. The zero-order chi connectivity index (χ0) is 21.2. The summed E-state index contributed by atoms with van der Waals surface area (Å²) in [5, 5.41) is 10.6. The minimum absolute atomic E-state index is 0.0288. The number of aliphatic hydroxyl groups excluding tert-OH is 1. The van der Waals surface area contributed by atoms with Crippen molar-refractivity contribution in [2.24, 2.45) is 5.73 Å². The Balaban J connectivity index is 1.84. The van der Waals surface area contributed by atoms with E-state index in [1.165, 1.54) is 17.1 Å². The van der Waals surface area contributed by atoms with Gasteiger partial charge in [0, 0.05) is 0 Å². The van der Waals surface area contributed by atoms with Crippen LogP contribution in [0.3, 0.4) is 0 Å². The predicted octanol–water partition coefficient (Wildman–Crippen LogP) is -0.627. The topological polar surface area (TPSA) is 178 Å². The van der Waals surface area contributed by atoms with Crippen molar-refractivity contribution in [2.45, 2.75) is 24.4 Å². The number of amides is 1. The van der Waals surface area contributed by atoms with E-state index in [4.69, 9.17) is 25.0 Å². The summed E-state index contributed by atoms with van der Waals surface area (Å²) in [6, 6.07) is 8.05. The molecule has 1 aliphatic heterocycles. The van der Waals surface area contributed by atoms with Gasteiger partial charge in [0.05, 0.1) is 0 Å². The number of phosphoric ester groups is 1. The third-order valence-electron chi connectivity index (χ3n) is 4.01. The normalized spacial score (nSPS) is 24.4. The number of hydrogen-bond donors (Lipinski definition) is 4. The average molecular weight is 491 g/mol. The summed E-state index contributed by atoms with van der Waals surface area (Å²) in [5.41, 5.74) is 5.48. The number of aliphatic hydroxyl groups is 1. The summed E-state index contributed by atoms with van der Waals surface area (Å²) >= 11 is -0.453. The number of ether oxygens (including phenoxy) is 2. The summed E-state index contributed by atoms with van der Waals surface area (Å²) in [5.74, 6) is -1.46. The number of carbonyl (C=O) groups is 2. The van der Waals surface area contributed by atoms with Crippen LogP contribution >= 0.6 is 7.82 Å². The molecule has 29 heavy (non-hydrogen) atoms. The van der Waals surface area contributed by atoms with Gasteiger partial charge in [-0.25, -0.2) is 0 Å². The predicted molar refractivity (Wildman–Crippen MR) is 97.0 cm³/mol. The van der Waals surface area contributed by atoms with Gasteiger partial charge in [-0.3, -0.25) is 0 Å². The van der Waals surface area contributed by atoms with Crippen LogP contribution in [0.5, 0.6) is 0 Å². The molecule has 1 saturated heterocycles. The Kier molecular flexibility index (Phi) is 6.67. The van der Waals surface area contributed by atoms with Gasteiger partial charge < -0.3 is 0 Å². The molecule has 11 nitrogen and oxygen atoms in total. The first-order valence-electron chi connectivity index (χ1n) is 8.20. The zero-order valence-corrected chi connectivity index (χ0v) is 17.3. The number of nitrogens with zero attached hydrogens (tertiary/aromatic N) is 1. The van der Waals surface area contributed by atoms with Crippen molar-refractivity contribution in [1.29, 1.82) is 0 Å². The molecule has 0 spiro atoms. The molecule has 1 aromatic heterocycles. The number of primary amides is 1. The summed E-state index contributed by atoms with van der Waals surface area (Å²) in [4.78, 5) is 47.1. The Morgan fingerprint density at radius 3 is 2.55 bits per heavy atom. The van der Waals surface area contributed by atoms with Crippen molar-refractivity contribution in [3.63, 3.8) is 0 Å². The van der Waals surface area contributed by atoms with Crippen LogP contribution < -0.4 is 5.73 Å². The number of esters is 1. The summed E-state index contributed by atoms with van der Waals surface area (Å²) in [6.45, 7) is -0.641. The molecule has 0 aliphatic carbocycles. The van der Waals surface area contributed by atoms with Crippen LogP contribution in [0.2, 0.25) is 0 Å². The Hall–Kier alpha value is -1.88. The van der Waals surface area contributed by atoms with E-state index < -0.39 is 65.2 Å². The molecule has 156 valence electrons. The van der Waals surface area contributed by atoms with Gasteiger partial charge in [-0.1, -0.05) is 0 Å². The van der Waals surface area contributed by atoms with Gasteiger partial charge in [-0.05, 0) is 0 Å². The molecule has 3 rings (SSSR count). The van der Waals surface area contributed by atoms with Gasteiger partial charge >= 0.3 is 170 Å². The number of nitrogens with two attached hydrogens (primary N) is 1. The van der Waals surface area contributed by atoms with Crippen LogP contribution in [-0.4, -0.2) is 71.2 Å². The zero-order valence-electron chi connectivity index (χ0n) is 14.7. The molecule has 1 fully saturated rings. The Bertz CT molecular complexity index is 931. The Morgan fingerprint density at radius 1 is 1.28 bits per heavy atom. The van der Waals surface area contributed by atoms with Crippen molar-refractivity contribution < 1.29 is 43.0 Å². The maximum atomic E-state index is 12.4. The molecule has 1 amide bonds. The van der Waals surface area contributed by atoms with Gasteiger partial charge in [0.15, 0.2) is 0 Å². The van der Waals surface area contributed by atoms with E-state index in [0.29, 0.717) is 4.57 Å². The number of aromatic nitrogens is 1. The Labute approximate surface area is 170 Å². The van der Waals surface area contributed by atoms with Crippen LogP contribution in [0.25, 0.3) is 0 Å². The first-order valence-corrected chi connectivity index (χ1v) is 11.6. The number of hydrogen-bond acceptors (Lipinski definition) is 8. The second-order valence-electron chi connectivity index (χ2n) is 6.04. The minimum atomic E-state index is -4.80. The molecule has 5 N–H and O–H groups in total. The molecule has 0 radical (unpaired) electrons. The first kappa shape index (κ1) is 21.8. The number of carbonyl (C=O) groups excluding carboxylic acids is 2. The fraction of sp³-hybridized carbons (Fsp3) is 0.312. The molecule has 0 bridgehead atoms. The fourth-order valence-corrected chi connectivity index (χ4v) is 4.85. The SMILES string of the molecule is NC(=O)c1c[se]c([C@@H]2O[C@H](COP(=O)(O)O)[C@@H](O)[C@H]2OC(=O)c2ccccc2)n1. The summed E-state index contributed by atoms with van der Waals surface area (Å²) in [6.07, 6.45) is -4.90. The van der Waals surface area contributed by atoms with Crippen molar-refractivity contribution in [1.82, 2.24) is 4.98 Å². The second kappa shape index (κ2) is 8.86. The Morgan fingerprint density at radius 2 is 1.97 bits per heavy atom. The molecular weight excluding hydrogens is 474 g/mol. The monoisotopic (exact) mass is 492 g/mol. The van der Waals surface area contributed by atoms with Crippen LogP contribution in [0, 0.1) is 0 Å². The molecule has 1 aliphatic rings. The second-order valence-corrected chi connectivity index (χ2v) is 9.15. The number of rotatable bonds is 7. The maximum absolute atomic E-state index is 12.4. The first-order chi connectivity index (χ1) is 13.7. The van der Waals surface area contributed by atoms with E-state index in [1.807, 2.05) is 0 Å². The molecular formula is C16H17N2O9PSe. The third-order valence-corrected chi connectivity index (χ3v) is 6.40. The quantitative estimate of drug-likeness (QED) is 0.222. The summed E-state index contributed by atoms with van der Waals surface area (Å²) in [7, 11) is -4.80. The average Bonchev–Trinajstić information content (AvgIpc) is 3.26. The van der Waals surface area contributed by atoms with Gasteiger partial charge in [-0.15, -0.1) is 0 Å². The molecule has 2 aromatic rings. The van der Waals surface area contributed by atoms with Crippen molar-refractivity contribution in [2.75, 3.05) is 6.61 Å². The summed E-state index contributed by atoms with van der Waals surface area (Å²) < 4.78 is 26.8. The molecule has 13 heteroatoms. The van der Waals surface area contributed by atoms with Crippen LogP contribution in [0.15, 0.2) is 35.3 Å². The molecule has 4 atom stereocenters. The van der Waals surface area contributed by atoms with E-state index in [-0.39, 0.29) is 11.3 Å². The van der Waals surface area contributed by atoms with Crippen molar-refractivity contribution >= 4 is 34.2 Å².